The van der Waals surface area contributed by atoms with E-state index in [1.54, 1.807) is 0 Å². The Bertz CT molecular complexity index is 243. The van der Waals surface area contributed by atoms with Gasteiger partial charge in [-0.05, 0) is 6.42 Å². The van der Waals surface area contributed by atoms with E-state index in [0.29, 0.717) is 0 Å². The number of halogens is 5. The van der Waals surface area contributed by atoms with Crippen molar-refractivity contribution in [2.24, 2.45) is 0 Å². The highest BCUT2D eigenvalue weighted by molar-refractivity contribution is 6.41. The van der Waals surface area contributed by atoms with Gasteiger partial charge in [-0.25, -0.2) is 0 Å². The van der Waals surface area contributed by atoms with Crippen LogP contribution in [0, 0.1) is 0 Å². The van der Waals surface area contributed by atoms with Crippen molar-refractivity contribution < 1.29 is 31.5 Å². The lowest BCUT2D eigenvalue weighted by atomic mass is 10.1. The first-order valence-corrected chi connectivity index (χ1v) is 3.66. The van der Waals surface area contributed by atoms with Crippen LogP contribution in [0.2, 0.25) is 0 Å². The average molecular weight is 218 g/mol. The van der Waals surface area contributed by atoms with Crippen molar-refractivity contribution in [1.29, 1.82) is 0 Å². The van der Waals surface area contributed by atoms with Crippen molar-refractivity contribution in [3.63, 3.8) is 0 Å². The molecule has 0 spiro atoms. The third kappa shape index (κ3) is 3.04. The molecule has 14 heavy (non-hydrogen) atoms. The smallest absolute Gasteiger partial charge is 0.284 e. The van der Waals surface area contributed by atoms with Gasteiger partial charge in [0, 0.05) is 6.42 Å². The Hall–Kier alpha value is -1.01. The van der Waals surface area contributed by atoms with E-state index in [9.17, 15) is 31.5 Å². The molecule has 7 heteroatoms. The molecule has 0 aliphatic rings. The topological polar surface area (TPSA) is 34.1 Å². The molecule has 0 bridgehead atoms. The molecule has 0 aromatic heterocycles. The minimum absolute atomic E-state index is 0.191. The Kier molecular flexibility index (Phi) is 3.73. The third-order valence-corrected chi connectivity index (χ3v) is 1.36. The quantitative estimate of drug-likeness (QED) is 0.535. The van der Waals surface area contributed by atoms with Gasteiger partial charge in [-0.3, -0.25) is 9.59 Å². The molecule has 0 amide bonds. The first kappa shape index (κ1) is 13.0. The van der Waals surface area contributed by atoms with Crippen molar-refractivity contribution in [1.82, 2.24) is 0 Å². The molecule has 0 aromatic rings. The predicted octanol–water partition coefficient (Wildman–Crippen LogP) is 2.12. The van der Waals surface area contributed by atoms with Gasteiger partial charge in [-0.15, -0.1) is 0 Å². The van der Waals surface area contributed by atoms with E-state index < -0.39 is 30.1 Å². The Labute approximate surface area is 76.1 Å². The number of hydrogen-bond acceptors (Lipinski definition) is 2. The molecule has 0 aliphatic heterocycles. The van der Waals surface area contributed by atoms with Gasteiger partial charge in [0.1, 0.15) is 0 Å². The monoisotopic (exact) mass is 218 g/mol. The van der Waals surface area contributed by atoms with Crippen molar-refractivity contribution in [2.75, 3.05) is 0 Å². The predicted molar refractivity (Wildman–Crippen MR) is 35.9 cm³/mol. The van der Waals surface area contributed by atoms with Crippen LogP contribution >= 0.6 is 0 Å². The van der Waals surface area contributed by atoms with Crippen LogP contribution in [0.4, 0.5) is 22.0 Å². The van der Waals surface area contributed by atoms with Crippen LogP contribution in [0.25, 0.3) is 0 Å². The van der Waals surface area contributed by atoms with E-state index in [1.165, 1.54) is 6.92 Å². The lowest BCUT2D eigenvalue weighted by molar-refractivity contribution is -0.182. The maximum Gasteiger partial charge on any atom is 0.458 e. The second-order valence-corrected chi connectivity index (χ2v) is 2.61. The van der Waals surface area contributed by atoms with Gasteiger partial charge in [0.25, 0.3) is 5.78 Å². The second-order valence-electron chi connectivity index (χ2n) is 2.61. The first-order chi connectivity index (χ1) is 6.13. The molecule has 0 saturated heterocycles. The summed E-state index contributed by atoms with van der Waals surface area (Å²) in [4.78, 5) is 20.5. The summed E-state index contributed by atoms with van der Waals surface area (Å²) in [6.45, 7) is 1.26. The molecule has 0 aromatic carbocycles. The Morgan fingerprint density at radius 1 is 1.00 bits per heavy atom. The zero-order chi connectivity index (χ0) is 11.6. The molecular weight excluding hydrogens is 211 g/mol. The summed E-state index contributed by atoms with van der Waals surface area (Å²) in [6, 6.07) is 0. The number of carbonyl (C=O) groups is 2. The molecule has 0 saturated carbocycles. The number of ketones is 2. The zero-order valence-corrected chi connectivity index (χ0v) is 7.12. The summed E-state index contributed by atoms with van der Waals surface area (Å²) < 4.78 is 59.8. The van der Waals surface area contributed by atoms with E-state index in [2.05, 4.69) is 0 Å². The highest BCUT2D eigenvalue weighted by atomic mass is 19.4. The van der Waals surface area contributed by atoms with Crippen molar-refractivity contribution in [3.05, 3.63) is 0 Å². The average Bonchev–Trinajstić information content (AvgIpc) is 2.00. The summed E-state index contributed by atoms with van der Waals surface area (Å²) in [5.41, 5.74) is 0. The fraction of sp³-hybridized carbons (Fsp3) is 0.714. The Balaban J connectivity index is 4.71. The maximum atomic E-state index is 12.5. The highest BCUT2D eigenvalue weighted by Crippen LogP contribution is 2.26. The molecule has 82 valence electrons. The Morgan fingerprint density at radius 2 is 1.43 bits per heavy atom. The van der Waals surface area contributed by atoms with E-state index in [0.717, 1.165) is 0 Å². The molecule has 0 radical (unpaired) electrons. The summed E-state index contributed by atoms with van der Waals surface area (Å²) in [5, 5.41) is 0. The van der Waals surface area contributed by atoms with Gasteiger partial charge in [0.15, 0.2) is 0 Å². The van der Waals surface area contributed by atoms with E-state index in [-0.39, 0.29) is 6.42 Å². The van der Waals surface area contributed by atoms with E-state index >= 15 is 0 Å². The molecule has 0 aliphatic carbocycles. The molecular formula is C7H7F5O2. The van der Waals surface area contributed by atoms with E-state index in [1.807, 2.05) is 0 Å². The molecule has 0 heterocycles. The maximum absolute atomic E-state index is 12.5. The summed E-state index contributed by atoms with van der Waals surface area (Å²) >= 11 is 0. The largest absolute Gasteiger partial charge is 0.458 e. The summed E-state index contributed by atoms with van der Waals surface area (Å²) in [6.07, 6.45) is -6.79. The molecule has 0 N–H and O–H groups in total. The van der Waals surface area contributed by atoms with Crippen LogP contribution in [0.3, 0.4) is 0 Å². The molecule has 0 unspecified atom stereocenters. The number of alkyl halides is 5. The second kappa shape index (κ2) is 4.02. The number of hydrogen-bond donors (Lipinski definition) is 0. The van der Waals surface area contributed by atoms with Crippen molar-refractivity contribution in [2.45, 2.75) is 31.9 Å². The lowest BCUT2D eigenvalue weighted by Gasteiger charge is -2.13. The molecule has 2 nitrogen and oxygen atoms in total. The zero-order valence-electron chi connectivity index (χ0n) is 7.12. The van der Waals surface area contributed by atoms with Gasteiger partial charge in [0.05, 0.1) is 0 Å². The highest BCUT2D eigenvalue weighted by Gasteiger charge is 2.52. The first-order valence-electron chi connectivity index (χ1n) is 3.66. The molecule has 0 fully saturated rings. The third-order valence-electron chi connectivity index (χ3n) is 1.36. The van der Waals surface area contributed by atoms with Gasteiger partial charge in [0.2, 0.25) is 0 Å². The Morgan fingerprint density at radius 3 is 1.71 bits per heavy atom. The van der Waals surface area contributed by atoms with Gasteiger partial charge in [-0.2, -0.15) is 22.0 Å². The van der Waals surface area contributed by atoms with Gasteiger partial charge < -0.3 is 0 Å². The normalized spacial score (nSPS) is 12.7. The van der Waals surface area contributed by atoms with Crippen molar-refractivity contribution in [3.8, 4) is 0 Å². The van der Waals surface area contributed by atoms with Crippen LogP contribution in [-0.2, 0) is 9.59 Å². The fourth-order valence-electron chi connectivity index (χ4n) is 0.722. The summed E-state index contributed by atoms with van der Waals surface area (Å²) in [5.74, 6) is -9.91. The minimum Gasteiger partial charge on any atom is -0.284 e. The van der Waals surface area contributed by atoms with E-state index in [4.69, 9.17) is 0 Å². The lowest BCUT2D eigenvalue weighted by Crippen LogP contribution is -2.42. The number of rotatable bonds is 4. The minimum atomic E-state index is -5.53. The SMILES string of the molecule is CCCC(F)(F)C(=O)C(=O)C(F)(F)F. The van der Waals surface area contributed by atoms with Crippen LogP contribution in [0.1, 0.15) is 19.8 Å². The summed E-state index contributed by atoms with van der Waals surface area (Å²) in [7, 11) is 0. The van der Waals surface area contributed by atoms with Crippen LogP contribution < -0.4 is 0 Å². The number of Topliss-reactive ketones (excluding diaryl/α,β-unsaturated/α-hetero) is 2. The van der Waals surface area contributed by atoms with Gasteiger partial charge >= 0.3 is 17.9 Å². The van der Waals surface area contributed by atoms with Gasteiger partial charge in [-0.1, -0.05) is 6.92 Å². The van der Waals surface area contributed by atoms with Crippen LogP contribution in [0.15, 0.2) is 0 Å². The van der Waals surface area contributed by atoms with Crippen LogP contribution in [0.5, 0.6) is 0 Å². The van der Waals surface area contributed by atoms with Crippen LogP contribution in [-0.4, -0.2) is 23.7 Å². The van der Waals surface area contributed by atoms with Crippen molar-refractivity contribution >= 4 is 11.6 Å². The fourth-order valence-corrected chi connectivity index (χ4v) is 0.722. The molecule has 0 atom stereocenters. The number of carbonyl (C=O) groups excluding carboxylic acids is 2. The molecule has 0 rings (SSSR count). The standard InChI is InChI=1S/C7H7F5O2/c1-2-3-6(8,9)4(13)5(14)7(10,11)12/h2-3H2,1H3.